The van der Waals surface area contributed by atoms with Gasteiger partial charge in [0.2, 0.25) is 0 Å². The summed E-state index contributed by atoms with van der Waals surface area (Å²) in [5.41, 5.74) is 2.13. The largest absolute Gasteiger partial charge is 0.462 e. The van der Waals surface area contributed by atoms with Crippen LogP contribution in [0.2, 0.25) is 0 Å². The van der Waals surface area contributed by atoms with E-state index in [9.17, 15) is 9.59 Å². The van der Waals surface area contributed by atoms with Crippen LogP contribution in [0, 0.1) is 0 Å². The van der Waals surface area contributed by atoms with Crippen LogP contribution in [-0.2, 0) is 9.53 Å². The molecule has 1 heterocycles. The smallest absolute Gasteiger partial charge is 0.341 e. The van der Waals surface area contributed by atoms with Crippen LogP contribution >= 0.6 is 11.3 Å². The Bertz CT molecular complexity index is 713. The van der Waals surface area contributed by atoms with E-state index in [0.717, 1.165) is 17.5 Å². The number of hydrogen-bond acceptors (Lipinski definition) is 4. The number of ether oxygens (including phenoxy) is 1. The number of thiophene rings is 1. The molecule has 2 rings (SSSR count). The van der Waals surface area contributed by atoms with Gasteiger partial charge in [-0.25, -0.2) is 4.79 Å². The van der Waals surface area contributed by atoms with Crippen molar-refractivity contribution in [2.24, 2.45) is 0 Å². The molecule has 3 N–H and O–H groups in total. The second-order valence-corrected chi connectivity index (χ2v) is 6.69. The minimum absolute atomic E-state index is 0.118. The van der Waals surface area contributed by atoms with E-state index in [0.29, 0.717) is 23.2 Å². The fourth-order valence-corrected chi connectivity index (χ4v) is 3.31. The van der Waals surface area contributed by atoms with Gasteiger partial charge in [-0.2, -0.15) is 0 Å². The molecule has 0 unspecified atom stereocenters. The van der Waals surface area contributed by atoms with Crippen LogP contribution in [0.15, 0.2) is 35.7 Å². The van der Waals surface area contributed by atoms with E-state index >= 15 is 0 Å². The highest BCUT2D eigenvalue weighted by atomic mass is 32.1. The predicted molar refractivity (Wildman–Crippen MR) is 101 cm³/mol. The Balaban J connectivity index is 2.24. The van der Waals surface area contributed by atoms with E-state index in [1.807, 2.05) is 41.0 Å². The first kappa shape index (κ1) is 19.1. The van der Waals surface area contributed by atoms with Crippen molar-refractivity contribution in [2.45, 2.75) is 33.2 Å². The fraction of sp³-hybridized carbons (Fsp3) is 0.368. The number of quaternary nitrogens is 1. The molecule has 0 aliphatic rings. The van der Waals surface area contributed by atoms with Gasteiger partial charge in [-0.05, 0) is 25.8 Å². The maximum absolute atomic E-state index is 12.4. The van der Waals surface area contributed by atoms with Gasteiger partial charge in [-0.3, -0.25) is 4.79 Å². The van der Waals surface area contributed by atoms with Gasteiger partial charge >= 0.3 is 5.97 Å². The number of nitrogens with one attached hydrogen (secondary N) is 1. The molecular formula is C19H25N2O3S+. The van der Waals surface area contributed by atoms with Crippen molar-refractivity contribution in [1.29, 1.82) is 0 Å². The van der Waals surface area contributed by atoms with E-state index < -0.39 is 5.97 Å². The fourth-order valence-electron chi connectivity index (χ4n) is 2.34. The molecule has 25 heavy (non-hydrogen) atoms. The lowest BCUT2D eigenvalue weighted by atomic mass is 10.0. The molecule has 1 aromatic heterocycles. The summed E-state index contributed by atoms with van der Waals surface area (Å²) in [4.78, 5) is 24.7. The third-order valence-electron chi connectivity index (χ3n) is 3.96. The van der Waals surface area contributed by atoms with Gasteiger partial charge in [0, 0.05) is 10.9 Å². The third-order valence-corrected chi connectivity index (χ3v) is 4.85. The Morgan fingerprint density at radius 2 is 1.96 bits per heavy atom. The van der Waals surface area contributed by atoms with Crippen molar-refractivity contribution in [2.75, 3.05) is 18.5 Å². The number of rotatable bonds is 8. The van der Waals surface area contributed by atoms with Gasteiger partial charge in [0.15, 0.2) is 6.54 Å². The Kier molecular flexibility index (Phi) is 7.16. The Morgan fingerprint density at radius 1 is 1.24 bits per heavy atom. The zero-order valence-corrected chi connectivity index (χ0v) is 15.7. The Hall–Kier alpha value is -2.18. The van der Waals surface area contributed by atoms with Crippen molar-refractivity contribution in [3.8, 4) is 11.1 Å². The number of esters is 1. The summed E-state index contributed by atoms with van der Waals surface area (Å²) in [6.07, 6.45) is 0.999. The average Bonchev–Trinajstić information content (AvgIpc) is 3.04. The summed E-state index contributed by atoms with van der Waals surface area (Å²) >= 11 is 1.35. The summed E-state index contributed by atoms with van der Waals surface area (Å²) in [7, 11) is 0. The minimum atomic E-state index is -0.413. The molecule has 2 aromatic rings. The standard InChI is InChI=1S/C19H24N2O3S/c1-4-13(3)20-11-16(22)21-18-17(19(23)24-5-2)15(12-25-18)14-9-7-6-8-10-14/h6-10,12-13,20H,4-5,11H2,1-3H3,(H,21,22)/p+1/t13-/m1/s1. The van der Waals surface area contributed by atoms with Gasteiger partial charge in [0.05, 0.1) is 12.6 Å². The maximum atomic E-state index is 12.4. The molecule has 1 aromatic carbocycles. The van der Waals surface area contributed by atoms with E-state index in [4.69, 9.17) is 4.74 Å². The first-order chi connectivity index (χ1) is 12.1. The maximum Gasteiger partial charge on any atom is 0.341 e. The lowest BCUT2D eigenvalue weighted by Crippen LogP contribution is -2.90. The molecule has 1 atom stereocenters. The monoisotopic (exact) mass is 361 g/mol. The van der Waals surface area contributed by atoms with E-state index in [-0.39, 0.29) is 12.5 Å². The third kappa shape index (κ3) is 5.14. The Labute approximate surface area is 152 Å². The summed E-state index contributed by atoms with van der Waals surface area (Å²) in [5, 5.41) is 7.28. The van der Waals surface area contributed by atoms with Gasteiger partial charge < -0.3 is 15.4 Å². The lowest BCUT2D eigenvalue weighted by molar-refractivity contribution is -0.675. The highest BCUT2D eigenvalue weighted by Gasteiger charge is 2.23. The van der Waals surface area contributed by atoms with E-state index in [1.165, 1.54) is 11.3 Å². The molecule has 134 valence electrons. The SMILES string of the molecule is CCOC(=O)c1c(-c2ccccc2)csc1NC(=O)C[NH2+][C@H](C)CC. The highest BCUT2D eigenvalue weighted by Crippen LogP contribution is 2.36. The van der Waals surface area contributed by atoms with Crippen molar-refractivity contribution in [3.05, 3.63) is 41.3 Å². The number of nitrogens with two attached hydrogens (primary N) is 1. The summed E-state index contributed by atoms with van der Waals surface area (Å²) in [6, 6.07) is 10.0. The zero-order chi connectivity index (χ0) is 18.2. The molecular weight excluding hydrogens is 336 g/mol. The molecule has 0 spiro atoms. The summed E-state index contributed by atoms with van der Waals surface area (Å²) in [5.74, 6) is -0.531. The average molecular weight is 361 g/mol. The second kappa shape index (κ2) is 9.34. The van der Waals surface area contributed by atoms with Crippen molar-refractivity contribution >= 4 is 28.2 Å². The number of benzene rings is 1. The summed E-state index contributed by atoms with van der Waals surface area (Å²) in [6.45, 7) is 6.55. The number of carbonyl (C=O) groups excluding carboxylic acids is 2. The molecule has 0 aliphatic carbocycles. The number of anilines is 1. The lowest BCUT2D eigenvalue weighted by Gasteiger charge is -2.10. The predicted octanol–water partition coefficient (Wildman–Crippen LogP) is 2.89. The Morgan fingerprint density at radius 3 is 2.60 bits per heavy atom. The first-order valence-electron chi connectivity index (χ1n) is 8.54. The number of carbonyl (C=O) groups is 2. The molecule has 0 radical (unpaired) electrons. The van der Waals surface area contributed by atoms with Crippen molar-refractivity contribution in [1.82, 2.24) is 0 Å². The molecule has 0 aliphatic heterocycles. The topological polar surface area (TPSA) is 72.0 Å². The van der Waals surface area contributed by atoms with E-state index in [2.05, 4.69) is 19.2 Å². The van der Waals surface area contributed by atoms with Crippen LogP contribution in [0.3, 0.4) is 0 Å². The second-order valence-electron chi connectivity index (χ2n) is 5.81. The summed E-state index contributed by atoms with van der Waals surface area (Å²) < 4.78 is 5.19. The van der Waals surface area contributed by atoms with Crippen LogP contribution in [0.1, 0.15) is 37.6 Å². The van der Waals surface area contributed by atoms with E-state index in [1.54, 1.807) is 6.92 Å². The van der Waals surface area contributed by atoms with Crippen LogP contribution < -0.4 is 10.6 Å². The molecule has 0 saturated heterocycles. The molecule has 5 nitrogen and oxygen atoms in total. The molecule has 6 heteroatoms. The van der Waals surface area contributed by atoms with Gasteiger partial charge in [0.1, 0.15) is 10.6 Å². The van der Waals surface area contributed by atoms with Crippen LogP contribution in [0.25, 0.3) is 11.1 Å². The normalized spacial score (nSPS) is 11.8. The van der Waals surface area contributed by atoms with Gasteiger partial charge in [-0.15, -0.1) is 11.3 Å². The zero-order valence-electron chi connectivity index (χ0n) is 14.9. The molecule has 0 saturated carbocycles. The van der Waals surface area contributed by atoms with Gasteiger partial charge in [0.25, 0.3) is 5.91 Å². The number of hydrogen-bond donors (Lipinski definition) is 2. The van der Waals surface area contributed by atoms with Crippen molar-refractivity contribution < 1.29 is 19.6 Å². The molecule has 1 amide bonds. The highest BCUT2D eigenvalue weighted by molar-refractivity contribution is 7.15. The minimum Gasteiger partial charge on any atom is -0.462 e. The van der Waals surface area contributed by atoms with Gasteiger partial charge in [-0.1, -0.05) is 37.3 Å². The van der Waals surface area contributed by atoms with Crippen molar-refractivity contribution in [3.63, 3.8) is 0 Å². The molecule has 0 bridgehead atoms. The molecule has 0 fully saturated rings. The van der Waals surface area contributed by atoms with Crippen LogP contribution in [-0.4, -0.2) is 31.1 Å². The van der Waals surface area contributed by atoms with Crippen LogP contribution in [0.5, 0.6) is 0 Å². The number of amides is 1. The van der Waals surface area contributed by atoms with Crippen LogP contribution in [0.4, 0.5) is 5.00 Å². The quantitative estimate of drug-likeness (QED) is 0.710. The first-order valence-corrected chi connectivity index (χ1v) is 9.41.